The van der Waals surface area contributed by atoms with E-state index in [0.717, 1.165) is 24.8 Å². The van der Waals surface area contributed by atoms with Crippen LogP contribution in [0.15, 0.2) is 41.6 Å². The number of phenolic OH excluding ortho intramolecular Hbond substituents is 1. The number of pyridine rings is 1. The van der Waals surface area contributed by atoms with Gasteiger partial charge in [0.1, 0.15) is 5.75 Å². The van der Waals surface area contributed by atoms with Gasteiger partial charge < -0.3 is 15.0 Å². The van der Waals surface area contributed by atoms with E-state index in [1.807, 2.05) is 36.1 Å². The number of aromatic hydroxyl groups is 1. The second kappa shape index (κ2) is 6.66. The Bertz CT molecular complexity index is 1290. The maximum absolute atomic E-state index is 13.0. The first-order chi connectivity index (χ1) is 14.0. The molecule has 2 N–H and O–H groups in total. The average Bonchev–Trinajstić information content (AvgIpc) is 3.06. The third-order valence-corrected chi connectivity index (χ3v) is 5.64. The van der Waals surface area contributed by atoms with Crippen molar-refractivity contribution in [3.05, 3.63) is 47.1 Å². The van der Waals surface area contributed by atoms with Crippen molar-refractivity contribution in [1.82, 2.24) is 29.6 Å². The second-order valence-corrected chi connectivity index (χ2v) is 7.78. The van der Waals surface area contributed by atoms with Gasteiger partial charge in [0.05, 0.1) is 22.0 Å². The Morgan fingerprint density at radius 2 is 2.14 bits per heavy atom. The molecule has 0 unspecified atom stereocenters. The van der Waals surface area contributed by atoms with Crippen LogP contribution in [0.4, 0.5) is 0 Å². The van der Waals surface area contributed by atoms with Gasteiger partial charge in [-0.1, -0.05) is 0 Å². The molecule has 29 heavy (non-hydrogen) atoms. The minimum Gasteiger partial charge on any atom is -0.507 e. The minimum atomic E-state index is -0.0694. The molecule has 0 spiro atoms. The number of hydrogen-bond acceptors (Lipinski definition) is 6. The molecule has 0 aliphatic carbocycles. The number of piperidine rings is 1. The molecule has 4 heterocycles. The summed E-state index contributed by atoms with van der Waals surface area (Å²) in [5.74, 6) is 0.445. The fraction of sp³-hybridized carbons (Fsp3) is 0.333. The monoisotopic (exact) mass is 390 g/mol. The highest BCUT2D eigenvalue weighted by atomic mass is 16.3. The highest BCUT2D eigenvalue weighted by molar-refractivity contribution is 5.87. The maximum Gasteiger partial charge on any atom is 0.261 e. The van der Waals surface area contributed by atoms with Crippen LogP contribution in [0.25, 0.3) is 33.2 Å². The summed E-state index contributed by atoms with van der Waals surface area (Å²) in [5.41, 5.74) is 1.72. The van der Waals surface area contributed by atoms with Gasteiger partial charge in [0.15, 0.2) is 5.82 Å². The molecular weight excluding hydrogens is 368 g/mol. The lowest BCUT2D eigenvalue weighted by atomic mass is 10.00. The van der Waals surface area contributed by atoms with Crippen LogP contribution in [-0.4, -0.2) is 42.0 Å². The molecule has 0 amide bonds. The molecule has 1 aliphatic heterocycles. The predicted molar refractivity (Wildman–Crippen MR) is 111 cm³/mol. The molecule has 1 aliphatic rings. The number of rotatable bonds is 2. The summed E-state index contributed by atoms with van der Waals surface area (Å²) in [6, 6.07) is 5.85. The van der Waals surface area contributed by atoms with Gasteiger partial charge in [0.2, 0.25) is 0 Å². The van der Waals surface area contributed by atoms with Crippen molar-refractivity contribution in [1.29, 1.82) is 0 Å². The maximum atomic E-state index is 13.0. The van der Waals surface area contributed by atoms with E-state index in [-0.39, 0.29) is 17.4 Å². The van der Waals surface area contributed by atoms with Crippen LogP contribution >= 0.6 is 0 Å². The van der Waals surface area contributed by atoms with Gasteiger partial charge in [-0.2, -0.15) is 5.10 Å². The first-order valence-electron chi connectivity index (χ1n) is 9.77. The van der Waals surface area contributed by atoms with E-state index in [1.165, 1.54) is 0 Å². The zero-order valence-electron chi connectivity index (χ0n) is 16.3. The smallest absolute Gasteiger partial charge is 0.261 e. The van der Waals surface area contributed by atoms with Crippen LogP contribution in [0.1, 0.15) is 25.8 Å². The van der Waals surface area contributed by atoms with Crippen LogP contribution in [0.5, 0.6) is 5.75 Å². The van der Waals surface area contributed by atoms with E-state index in [0.29, 0.717) is 33.8 Å². The molecule has 5 rings (SSSR count). The molecule has 148 valence electrons. The van der Waals surface area contributed by atoms with Gasteiger partial charge >= 0.3 is 0 Å². The van der Waals surface area contributed by atoms with Gasteiger partial charge in [-0.3, -0.25) is 9.48 Å². The van der Waals surface area contributed by atoms with Gasteiger partial charge in [-0.25, -0.2) is 9.97 Å². The van der Waals surface area contributed by atoms with Crippen LogP contribution in [0, 0.1) is 0 Å². The largest absolute Gasteiger partial charge is 0.507 e. The van der Waals surface area contributed by atoms with Gasteiger partial charge in [-0.05, 0) is 38.4 Å². The highest BCUT2D eigenvalue weighted by Crippen LogP contribution is 2.31. The fourth-order valence-corrected chi connectivity index (χ4v) is 4.18. The van der Waals surface area contributed by atoms with Gasteiger partial charge in [0, 0.05) is 49.2 Å². The van der Waals surface area contributed by atoms with Crippen molar-refractivity contribution in [2.75, 3.05) is 6.54 Å². The van der Waals surface area contributed by atoms with Gasteiger partial charge in [0.25, 0.3) is 5.56 Å². The molecule has 1 fully saturated rings. The molecule has 4 aromatic rings. The van der Waals surface area contributed by atoms with E-state index in [1.54, 1.807) is 16.9 Å². The van der Waals surface area contributed by atoms with Crippen molar-refractivity contribution in [3.8, 4) is 17.1 Å². The number of aryl methyl sites for hydroxylation is 1. The molecule has 3 aromatic heterocycles. The van der Waals surface area contributed by atoms with Crippen molar-refractivity contribution < 1.29 is 5.11 Å². The Morgan fingerprint density at radius 3 is 2.97 bits per heavy atom. The second-order valence-electron chi connectivity index (χ2n) is 7.78. The normalized spacial score (nSPS) is 19.8. The Balaban J connectivity index is 1.58. The number of phenols is 1. The first kappa shape index (κ1) is 17.8. The van der Waals surface area contributed by atoms with E-state index in [9.17, 15) is 9.90 Å². The van der Waals surface area contributed by atoms with Crippen molar-refractivity contribution in [3.63, 3.8) is 0 Å². The number of aromatic nitrogens is 5. The van der Waals surface area contributed by atoms with Crippen LogP contribution in [0.3, 0.4) is 0 Å². The van der Waals surface area contributed by atoms with Crippen molar-refractivity contribution >= 4 is 21.8 Å². The molecule has 0 saturated carbocycles. The van der Waals surface area contributed by atoms with E-state index >= 15 is 0 Å². The van der Waals surface area contributed by atoms with Gasteiger partial charge in [-0.15, -0.1) is 0 Å². The number of hydrogen-bond donors (Lipinski definition) is 2. The molecule has 0 radical (unpaired) electrons. The third-order valence-electron chi connectivity index (χ3n) is 5.64. The lowest BCUT2D eigenvalue weighted by Crippen LogP contribution is -2.39. The summed E-state index contributed by atoms with van der Waals surface area (Å²) < 4.78 is 3.50. The topological polar surface area (TPSA) is 97.9 Å². The minimum absolute atomic E-state index is 0.0626. The summed E-state index contributed by atoms with van der Waals surface area (Å²) in [5, 5.41) is 19.5. The number of nitrogens with zero attached hydrogens (tertiary/aromatic N) is 5. The molecule has 1 saturated heterocycles. The fourth-order valence-electron chi connectivity index (χ4n) is 4.18. The third kappa shape index (κ3) is 3.05. The quantitative estimate of drug-likeness (QED) is 0.545. The molecule has 1 aromatic carbocycles. The summed E-state index contributed by atoms with van der Waals surface area (Å²) in [7, 11) is 1.83. The number of benzene rings is 1. The summed E-state index contributed by atoms with van der Waals surface area (Å²) in [6.07, 6.45) is 7.11. The van der Waals surface area contributed by atoms with Crippen LogP contribution < -0.4 is 10.9 Å². The molecular formula is C21H22N6O2. The van der Waals surface area contributed by atoms with Crippen LogP contribution in [-0.2, 0) is 7.05 Å². The summed E-state index contributed by atoms with van der Waals surface area (Å²) >= 11 is 0. The highest BCUT2D eigenvalue weighted by Gasteiger charge is 2.21. The Morgan fingerprint density at radius 1 is 1.28 bits per heavy atom. The zero-order valence-corrected chi connectivity index (χ0v) is 16.3. The van der Waals surface area contributed by atoms with E-state index < -0.39 is 0 Å². The Kier molecular flexibility index (Phi) is 4.09. The Hall–Kier alpha value is -3.26. The lowest BCUT2D eigenvalue weighted by Gasteiger charge is -2.29. The summed E-state index contributed by atoms with van der Waals surface area (Å²) in [4.78, 5) is 22.0. The van der Waals surface area contributed by atoms with E-state index in [2.05, 4.69) is 27.3 Å². The SMILES string of the molecule is C[C@H]1C[C@@H](n2ccc3nc(-c4cc5cn(C)nc5cc4O)ncc3c2=O)CCN1. The lowest BCUT2D eigenvalue weighted by molar-refractivity contribution is 0.309. The molecule has 2 atom stereocenters. The molecule has 8 heteroatoms. The first-order valence-corrected chi connectivity index (χ1v) is 9.77. The van der Waals surface area contributed by atoms with Crippen molar-refractivity contribution in [2.24, 2.45) is 7.05 Å². The predicted octanol–water partition coefficient (Wildman–Crippen LogP) is 2.36. The summed E-state index contributed by atoms with van der Waals surface area (Å²) in [6.45, 7) is 3.04. The average molecular weight is 390 g/mol. The standard InChI is InChI=1S/C21H22N6O2/c1-12-7-14(3-5-22-12)27-6-4-17-16(21(27)29)10-23-20(24-17)15-8-13-11-26(2)25-18(13)9-19(15)28/h4,6,8-12,14,22,28H,3,5,7H2,1-2H3/t12-,14-/m0/s1. The number of nitrogens with one attached hydrogen (secondary N) is 1. The molecule has 8 nitrogen and oxygen atoms in total. The Labute approximate surface area is 166 Å². The van der Waals surface area contributed by atoms with E-state index in [4.69, 9.17) is 0 Å². The van der Waals surface area contributed by atoms with Crippen LogP contribution in [0.2, 0.25) is 0 Å². The van der Waals surface area contributed by atoms with Crippen molar-refractivity contribution in [2.45, 2.75) is 31.8 Å². The zero-order chi connectivity index (χ0) is 20.1. The number of fused-ring (bicyclic) bond motifs is 2. The molecule has 0 bridgehead atoms.